The molecule has 4 heterocycles. The fourth-order valence-electron chi connectivity index (χ4n) is 3.34. The van der Waals surface area contributed by atoms with Crippen LogP contribution in [0.25, 0.3) is 0 Å². The molecule has 0 radical (unpaired) electrons. The lowest BCUT2D eigenvalue weighted by atomic mass is 9.94. The van der Waals surface area contributed by atoms with Crippen molar-refractivity contribution in [3.8, 4) is 0 Å². The van der Waals surface area contributed by atoms with Crippen molar-refractivity contribution in [2.45, 2.75) is 37.8 Å². The normalized spacial score (nSPS) is 20.5. The lowest BCUT2D eigenvalue weighted by Crippen LogP contribution is -2.32. The molecule has 0 spiro atoms. The highest BCUT2D eigenvalue weighted by molar-refractivity contribution is 6.31. The summed E-state index contributed by atoms with van der Waals surface area (Å²) in [6.45, 7) is 0. The van der Waals surface area contributed by atoms with E-state index in [1.807, 2.05) is 24.3 Å². The predicted molar refractivity (Wildman–Crippen MR) is 95.3 cm³/mol. The number of nitrogens with zero attached hydrogens (tertiary/aromatic N) is 3. The molecule has 25 heavy (non-hydrogen) atoms. The minimum atomic E-state index is 0.161. The summed E-state index contributed by atoms with van der Waals surface area (Å²) >= 11 is 6.32. The number of pyridine rings is 2. The maximum absolute atomic E-state index is 6.32. The smallest absolute Gasteiger partial charge is 0.124 e. The number of hydrogen-bond donors (Lipinski definition) is 1. The van der Waals surface area contributed by atoms with E-state index in [1.165, 1.54) is 0 Å². The molecule has 1 saturated heterocycles. The predicted octanol–water partition coefficient (Wildman–Crippen LogP) is 4.26. The molecule has 2 atom stereocenters. The Morgan fingerprint density at radius 1 is 1.08 bits per heavy atom. The quantitative estimate of drug-likeness (QED) is 0.758. The van der Waals surface area contributed by atoms with Gasteiger partial charge >= 0.3 is 0 Å². The van der Waals surface area contributed by atoms with Gasteiger partial charge in [-0.1, -0.05) is 22.8 Å². The zero-order chi connectivity index (χ0) is 17.1. The third-order valence-electron chi connectivity index (χ3n) is 4.54. The van der Waals surface area contributed by atoms with E-state index >= 15 is 0 Å². The molecule has 0 bridgehead atoms. The first-order chi connectivity index (χ1) is 12.3. The number of halogens is 1. The first-order valence-corrected chi connectivity index (χ1v) is 8.89. The second-order valence-corrected chi connectivity index (χ2v) is 6.70. The van der Waals surface area contributed by atoms with Crippen LogP contribution in [0.1, 0.15) is 54.1 Å². The van der Waals surface area contributed by atoms with Crippen molar-refractivity contribution in [2.24, 2.45) is 0 Å². The van der Waals surface area contributed by atoms with Crippen LogP contribution >= 0.6 is 11.6 Å². The first kappa shape index (κ1) is 16.2. The van der Waals surface area contributed by atoms with Gasteiger partial charge in [-0.05, 0) is 43.5 Å². The summed E-state index contributed by atoms with van der Waals surface area (Å²) in [4.78, 5) is 9.29. The molecule has 0 saturated carbocycles. The molecule has 5 nitrogen and oxygen atoms in total. The zero-order valence-electron chi connectivity index (χ0n) is 13.7. The molecule has 0 amide bonds. The van der Waals surface area contributed by atoms with E-state index in [-0.39, 0.29) is 12.1 Å². The van der Waals surface area contributed by atoms with Gasteiger partial charge in [0.1, 0.15) is 6.26 Å². The standard InChI is InChI=1S/C19H19ClN4O/c20-15-5-3-10-21-19(15)18-8-2-7-17(23-18)16-6-1-4-13(22-16)12-14-9-11-25-24-14/h1,3-6,9-11,17-18,23H,2,7-8,12H2/t17-,18+/m1/s1. The van der Waals surface area contributed by atoms with Crippen molar-refractivity contribution in [3.63, 3.8) is 0 Å². The van der Waals surface area contributed by atoms with Gasteiger partial charge < -0.3 is 9.84 Å². The van der Waals surface area contributed by atoms with Gasteiger partial charge in [-0.2, -0.15) is 0 Å². The van der Waals surface area contributed by atoms with Crippen LogP contribution < -0.4 is 5.32 Å². The first-order valence-electron chi connectivity index (χ1n) is 8.51. The molecule has 6 heteroatoms. The monoisotopic (exact) mass is 354 g/mol. The third kappa shape index (κ3) is 3.72. The largest absolute Gasteiger partial charge is 0.364 e. The number of rotatable bonds is 4. The SMILES string of the molecule is Clc1cccnc1[C@@H]1CCC[C@H](c2cccc(Cc3ccon3)n2)N1. The van der Waals surface area contributed by atoms with Crippen LogP contribution in [0.4, 0.5) is 0 Å². The van der Waals surface area contributed by atoms with Gasteiger partial charge in [0.2, 0.25) is 0 Å². The molecule has 1 aliphatic rings. The molecular weight excluding hydrogens is 336 g/mol. The summed E-state index contributed by atoms with van der Waals surface area (Å²) in [6, 6.07) is 12.1. The summed E-state index contributed by atoms with van der Waals surface area (Å²) in [5, 5.41) is 8.35. The van der Waals surface area contributed by atoms with Gasteiger partial charge in [-0.3, -0.25) is 9.97 Å². The Bertz CT molecular complexity index is 837. The van der Waals surface area contributed by atoms with Gasteiger partial charge in [-0.15, -0.1) is 0 Å². The van der Waals surface area contributed by atoms with E-state index in [0.717, 1.165) is 42.0 Å². The van der Waals surface area contributed by atoms with Crippen molar-refractivity contribution in [3.05, 3.63) is 76.7 Å². The highest BCUT2D eigenvalue weighted by Gasteiger charge is 2.26. The van der Waals surface area contributed by atoms with Crippen LogP contribution in [0.2, 0.25) is 5.02 Å². The van der Waals surface area contributed by atoms with Crippen LogP contribution in [0.5, 0.6) is 0 Å². The average Bonchev–Trinajstić information content (AvgIpc) is 3.15. The van der Waals surface area contributed by atoms with Gasteiger partial charge in [0.25, 0.3) is 0 Å². The van der Waals surface area contributed by atoms with E-state index in [2.05, 4.69) is 27.6 Å². The summed E-state index contributed by atoms with van der Waals surface area (Å²) in [6.07, 6.45) is 7.26. The van der Waals surface area contributed by atoms with E-state index in [0.29, 0.717) is 11.4 Å². The number of aromatic nitrogens is 3. The number of piperidine rings is 1. The maximum atomic E-state index is 6.32. The Kier molecular flexibility index (Phi) is 4.76. The van der Waals surface area contributed by atoms with Crippen molar-refractivity contribution >= 4 is 11.6 Å². The summed E-state index contributed by atoms with van der Waals surface area (Å²) in [5.41, 5.74) is 3.86. The van der Waals surface area contributed by atoms with Crippen LogP contribution in [-0.2, 0) is 6.42 Å². The molecule has 1 N–H and O–H groups in total. The fraction of sp³-hybridized carbons (Fsp3) is 0.316. The highest BCUT2D eigenvalue weighted by Crippen LogP contribution is 2.33. The lowest BCUT2D eigenvalue weighted by molar-refractivity contribution is 0.321. The van der Waals surface area contributed by atoms with Gasteiger partial charge in [-0.25, -0.2) is 0 Å². The Balaban J connectivity index is 1.52. The van der Waals surface area contributed by atoms with E-state index in [9.17, 15) is 0 Å². The molecule has 0 unspecified atom stereocenters. The summed E-state index contributed by atoms with van der Waals surface area (Å²) in [5.74, 6) is 0. The Morgan fingerprint density at radius 3 is 2.84 bits per heavy atom. The topological polar surface area (TPSA) is 63.8 Å². The van der Waals surface area contributed by atoms with Gasteiger partial charge in [0.05, 0.1) is 28.1 Å². The van der Waals surface area contributed by atoms with Crippen molar-refractivity contribution in [2.75, 3.05) is 0 Å². The fourth-order valence-corrected chi connectivity index (χ4v) is 3.60. The molecular formula is C19H19ClN4O. The molecule has 128 valence electrons. The van der Waals surface area contributed by atoms with Crippen LogP contribution in [0.15, 0.2) is 53.4 Å². The van der Waals surface area contributed by atoms with Crippen molar-refractivity contribution < 1.29 is 4.52 Å². The highest BCUT2D eigenvalue weighted by atomic mass is 35.5. The minimum absolute atomic E-state index is 0.161. The lowest BCUT2D eigenvalue weighted by Gasteiger charge is -2.31. The molecule has 3 aromatic rings. The Labute approximate surface area is 151 Å². The zero-order valence-corrected chi connectivity index (χ0v) is 14.5. The number of nitrogens with one attached hydrogen (secondary N) is 1. The van der Waals surface area contributed by atoms with E-state index in [4.69, 9.17) is 21.1 Å². The molecule has 1 fully saturated rings. The molecule has 0 aliphatic carbocycles. The molecule has 4 rings (SSSR count). The van der Waals surface area contributed by atoms with E-state index in [1.54, 1.807) is 12.5 Å². The summed E-state index contributed by atoms with van der Waals surface area (Å²) in [7, 11) is 0. The minimum Gasteiger partial charge on any atom is -0.364 e. The number of hydrogen-bond acceptors (Lipinski definition) is 5. The van der Waals surface area contributed by atoms with Crippen molar-refractivity contribution in [1.29, 1.82) is 0 Å². The molecule has 3 aromatic heterocycles. The van der Waals surface area contributed by atoms with Crippen LogP contribution in [-0.4, -0.2) is 15.1 Å². The average molecular weight is 355 g/mol. The van der Waals surface area contributed by atoms with E-state index < -0.39 is 0 Å². The Morgan fingerprint density at radius 2 is 2.00 bits per heavy atom. The second kappa shape index (κ2) is 7.33. The maximum Gasteiger partial charge on any atom is 0.124 e. The van der Waals surface area contributed by atoms with Gasteiger partial charge in [0, 0.05) is 30.4 Å². The molecule has 1 aliphatic heterocycles. The van der Waals surface area contributed by atoms with Gasteiger partial charge in [0.15, 0.2) is 0 Å². The van der Waals surface area contributed by atoms with Crippen LogP contribution in [0, 0.1) is 0 Å². The summed E-state index contributed by atoms with van der Waals surface area (Å²) < 4.78 is 4.90. The van der Waals surface area contributed by atoms with Crippen LogP contribution in [0.3, 0.4) is 0 Å². The Hall–Kier alpha value is -2.24. The molecule has 0 aromatic carbocycles. The van der Waals surface area contributed by atoms with Crippen molar-refractivity contribution in [1.82, 2.24) is 20.4 Å². The second-order valence-electron chi connectivity index (χ2n) is 6.29. The third-order valence-corrected chi connectivity index (χ3v) is 4.86.